The Bertz CT molecular complexity index is 598. The number of hydrogen-bond acceptors (Lipinski definition) is 3. The molecule has 0 spiro atoms. The number of nitrogens with zero attached hydrogens (tertiary/aromatic N) is 2. The molecule has 0 saturated heterocycles. The number of hydrazone groups is 1. The number of carbonyl (C=O) groups is 1. The summed E-state index contributed by atoms with van der Waals surface area (Å²) in [5, 5.41) is 5.77. The molecule has 4 heteroatoms. The average molecular weight is 286 g/mol. The lowest BCUT2D eigenvalue weighted by Gasteiger charge is -2.16. The maximum atomic E-state index is 12.9. The minimum atomic E-state index is -0.271. The molecule has 0 amide bonds. The second-order valence-electron chi connectivity index (χ2n) is 5.21. The van der Waals surface area contributed by atoms with E-state index < -0.39 is 0 Å². The van der Waals surface area contributed by atoms with Gasteiger partial charge in [0.25, 0.3) is 0 Å². The zero-order valence-electron chi connectivity index (χ0n) is 12.3. The Morgan fingerprint density at radius 2 is 1.81 bits per heavy atom. The van der Waals surface area contributed by atoms with Crippen molar-refractivity contribution in [2.24, 2.45) is 5.10 Å². The van der Waals surface area contributed by atoms with E-state index in [4.69, 9.17) is 0 Å². The van der Waals surface area contributed by atoms with Crippen molar-refractivity contribution in [3.63, 3.8) is 0 Å². The SMILES string of the molecule is CN(C)/N=C\C=C1\CCC/C(=C/c2ccc(F)cc2)C1=O. The molecule has 0 N–H and O–H groups in total. The number of rotatable bonds is 3. The highest BCUT2D eigenvalue weighted by Crippen LogP contribution is 2.26. The largest absolute Gasteiger partial charge is 0.303 e. The van der Waals surface area contributed by atoms with Gasteiger partial charge in [-0.1, -0.05) is 12.1 Å². The zero-order valence-corrected chi connectivity index (χ0v) is 12.3. The quantitative estimate of drug-likeness (QED) is 0.484. The van der Waals surface area contributed by atoms with Crippen molar-refractivity contribution in [3.05, 3.63) is 52.9 Å². The van der Waals surface area contributed by atoms with Crippen LogP contribution in [0.25, 0.3) is 6.08 Å². The number of carbonyl (C=O) groups excluding carboxylic acids is 1. The van der Waals surface area contributed by atoms with Gasteiger partial charge in [0.05, 0.1) is 0 Å². The van der Waals surface area contributed by atoms with Crippen molar-refractivity contribution >= 4 is 18.1 Å². The van der Waals surface area contributed by atoms with Crippen molar-refractivity contribution in [2.75, 3.05) is 14.1 Å². The van der Waals surface area contributed by atoms with Gasteiger partial charge in [0.1, 0.15) is 5.82 Å². The molecule has 0 aromatic heterocycles. The molecule has 1 aliphatic rings. The topological polar surface area (TPSA) is 32.7 Å². The summed E-state index contributed by atoms with van der Waals surface area (Å²) in [5.41, 5.74) is 2.40. The first kappa shape index (κ1) is 15.2. The summed E-state index contributed by atoms with van der Waals surface area (Å²) in [6, 6.07) is 6.17. The summed E-state index contributed by atoms with van der Waals surface area (Å²) in [5.74, 6) is -0.205. The Hall–Kier alpha value is -2.23. The number of allylic oxidation sites excluding steroid dienone is 3. The first-order valence-electron chi connectivity index (χ1n) is 6.97. The van der Waals surface area contributed by atoms with Gasteiger partial charge in [-0.15, -0.1) is 0 Å². The lowest BCUT2D eigenvalue weighted by molar-refractivity contribution is -0.112. The molecule has 3 nitrogen and oxygen atoms in total. The Labute approximate surface area is 124 Å². The molecule has 1 aliphatic carbocycles. The molecule has 1 fully saturated rings. The van der Waals surface area contributed by atoms with Crippen molar-refractivity contribution in [1.29, 1.82) is 0 Å². The van der Waals surface area contributed by atoms with Crippen LogP contribution in [-0.2, 0) is 4.79 Å². The van der Waals surface area contributed by atoms with Gasteiger partial charge in [0.15, 0.2) is 5.78 Å². The summed E-state index contributed by atoms with van der Waals surface area (Å²) in [6.45, 7) is 0. The van der Waals surface area contributed by atoms with Crippen LogP contribution in [0.5, 0.6) is 0 Å². The normalized spacial score (nSPS) is 19.7. The third-order valence-electron chi connectivity index (χ3n) is 3.26. The molecule has 0 atom stereocenters. The van der Waals surface area contributed by atoms with E-state index in [0.29, 0.717) is 0 Å². The predicted molar refractivity (Wildman–Crippen MR) is 83.5 cm³/mol. The standard InChI is InChI=1S/C17H19FN2O/c1-20(2)19-11-10-14-4-3-5-15(17(14)21)12-13-6-8-16(18)9-7-13/h6-12H,3-5H2,1-2H3/b14-10-,15-12-,19-11-. The monoisotopic (exact) mass is 286 g/mol. The minimum absolute atomic E-state index is 0.0655. The van der Waals surface area contributed by atoms with Crippen LogP contribution >= 0.6 is 0 Å². The third kappa shape index (κ3) is 4.38. The van der Waals surface area contributed by atoms with E-state index in [0.717, 1.165) is 36.0 Å². The first-order valence-corrected chi connectivity index (χ1v) is 6.97. The third-order valence-corrected chi connectivity index (χ3v) is 3.26. The molecule has 0 radical (unpaired) electrons. The van der Waals surface area contributed by atoms with E-state index in [1.165, 1.54) is 12.1 Å². The van der Waals surface area contributed by atoms with Crippen molar-refractivity contribution in [1.82, 2.24) is 5.01 Å². The number of hydrogen-bond donors (Lipinski definition) is 0. The van der Waals surface area contributed by atoms with Crippen LogP contribution in [0.4, 0.5) is 4.39 Å². The Morgan fingerprint density at radius 3 is 2.48 bits per heavy atom. The van der Waals surface area contributed by atoms with Crippen LogP contribution in [0.15, 0.2) is 46.6 Å². The Kier molecular flexibility index (Phi) is 5.04. The molecular weight excluding hydrogens is 267 g/mol. The summed E-state index contributed by atoms with van der Waals surface area (Å²) >= 11 is 0. The lowest BCUT2D eigenvalue weighted by Crippen LogP contribution is -2.12. The van der Waals surface area contributed by atoms with Crippen LogP contribution in [0.2, 0.25) is 0 Å². The number of Topliss-reactive ketones (excluding diaryl/α,β-unsaturated/α-hetero) is 1. The molecule has 0 heterocycles. The lowest BCUT2D eigenvalue weighted by atomic mass is 9.87. The number of ketones is 1. The summed E-state index contributed by atoms with van der Waals surface area (Å²) in [6.07, 6.45) is 7.75. The van der Waals surface area contributed by atoms with Crippen molar-refractivity contribution in [2.45, 2.75) is 19.3 Å². The van der Waals surface area contributed by atoms with Gasteiger partial charge in [-0.05, 0) is 49.1 Å². The van der Waals surface area contributed by atoms with E-state index >= 15 is 0 Å². The molecule has 21 heavy (non-hydrogen) atoms. The molecule has 110 valence electrons. The van der Waals surface area contributed by atoms with Gasteiger partial charge < -0.3 is 5.01 Å². The van der Waals surface area contributed by atoms with Crippen LogP contribution < -0.4 is 0 Å². The van der Waals surface area contributed by atoms with Crippen LogP contribution in [-0.4, -0.2) is 31.1 Å². The van der Waals surface area contributed by atoms with Gasteiger partial charge in [-0.3, -0.25) is 4.79 Å². The second kappa shape index (κ2) is 6.97. The fourth-order valence-corrected chi connectivity index (χ4v) is 2.22. The fourth-order valence-electron chi connectivity index (χ4n) is 2.22. The first-order chi connectivity index (χ1) is 10.1. The van der Waals surface area contributed by atoms with Crippen LogP contribution in [0, 0.1) is 5.82 Å². The van der Waals surface area contributed by atoms with Crippen LogP contribution in [0.1, 0.15) is 24.8 Å². The second-order valence-corrected chi connectivity index (χ2v) is 5.21. The van der Waals surface area contributed by atoms with Gasteiger partial charge in [-0.2, -0.15) is 5.10 Å². The summed E-state index contributed by atoms with van der Waals surface area (Å²) < 4.78 is 12.9. The minimum Gasteiger partial charge on any atom is -0.303 e. The van der Waals surface area contributed by atoms with Gasteiger partial charge >= 0.3 is 0 Å². The highest BCUT2D eigenvalue weighted by Gasteiger charge is 2.19. The highest BCUT2D eigenvalue weighted by molar-refractivity contribution is 6.13. The average Bonchev–Trinajstić information content (AvgIpc) is 2.45. The van der Waals surface area contributed by atoms with Gasteiger partial charge in [0, 0.05) is 31.5 Å². The molecule has 1 aromatic carbocycles. The molecule has 0 unspecified atom stereocenters. The highest BCUT2D eigenvalue weighted by atomic mass is 19.1. The summed E-state index contributed by atoms with van der Waals surface area (Å²) in [7, 11) is 3.66. The Balaban J connectivity index is 2.18. The van der Waals surface area contributed by atoms with E-state index in [9.17, 15) is 9.18 Å². The van der Waals surface area contributed by atoms with Crippen molar-refractivity contribution in [3.8, 4) is 0 Å². The maximum absolute atomic E-state index is 12.9. The van der Waals surface area contributed by atoms with E-state index in [-0.39, 0.29) is 11.6 Å². The smallest absolute Gasteiger partial charge is 0.185 e. The van der Waals surface area contributed by atoms with Gasteiger partial charge in [-0.25, -0.2) is 4.39 Å². The number of halogens is 1. The van der Waals surface area contributed by atoms with E-state index in [1.807, 2.05) is 20.2 Å². The van der Waals surface area contributed by atoms with Crippen molar-refractivity contribution < 1.29 is 9.18 Å². The summed E-state index contributed by atoms with van der Waals surface area (Å²) in [4.78, 5) is 12.4. The van der Waals surface area contributed by atoms with E-state index in [2.05, 4.69) is 5.10 Å². The molecule has 1 saturated carbocycles. The molecule has 2 rings (SSSR count). The molecule has 0 bridgehead atoms. The number of benzene rings is 1. The van der Waals surface area contributed by atoms with Gasteiger partial charge in [0.2, 0.25) is 0 Å². The predicted octanol–water partition coefficient (Wildman–Crippen LogP) is 3.44. The maximum Gasteiger partial charge on any atom is 0.185 e. The molecule has 1 aromatic rings. The Morgan fingerprint density at radius 1 is 1.14 bits per heavy atom. The van der Waals surface area contributed by atoms with E-state index in [1.54, 1.807) is 29.4 Å². The molecular formula is C17H19FN2O. The zero-order chi connectivity index (χ0) is 15.2. The van der Waals surface area contributed by atoms with Crippen LogP contribution in [0.3, 0.4) is 0 Å². The fraction of sp³-hybridized carbons (Fsp3) is 0.294. The molecule has 0 aliphatic heterocycles.